The number of aromatic nitrogens is 3. The minimum atomic E-state index is -5.06. The van der Waals surface area contributed by atoms with Crippen LogP contribution in [0, 0.1) is 12.0 Å². The predicted molar refractivity (Wildman–Crippen MR) is 155 cm³/mol. The Kier molecular flexibility index (Phi) is 10.5. The molecule has 15 heteroatoms. The number of carbonyl (C=O) groups excluding carboxylic acids is 1. The number of amides is 1. The minimum absolute atomic E-state index is 0.0206. The first-order chi connectivity index (χ1) is 19.0. The highest BCUT2D eigenvalue weighted by Crippen LogP contribution is 2.40. The number of halogens is 3. The highest BCUT2D eigenvalue weighted by atomic mass is 32.2. The van der Waals surface area contributed by atoms with Crippen molar-refractivity contribution in [1.29, 1.82) is 0 Å². The summed E-state index contributed by atoms with van der Waals surface area (Å²) in [6, 6.07) is 2.11. The molecule has 3 heterocycles. The molecule has 3 rings (SSSR count). The van der Waals surface area contributed by atoms with Gasteiger partial charge in [0.15, 0.2) is 14.1 Å². The van der Waals surface area contributed by atoms with E-state index in [9.17, 15) is 18.0 Å². The van der Waals surface area contributed by atoms with Crippen molar-refractivity contribution in [2.75, 3.05) is 32.9 Å². The second-order valence-electron chi connectivity index (χ2n) is 11.3. The van der Waals surface area contributed by atoms with E-state index in [1.165, 1.54) is 12.7 Å². The summed E-state index contributed by atoms with van der Waals surface area (Å²) in [5, 5.41) is 2.00. The molecule has 10 nitrogen and oxygen atoms in total. The molecule has 0 bridgehead atoms. The van der Waals surface area contributed by atoms with Crippen LogP contribution in [0.2, 0.25) is 18.1 Å². The van der Waals surface area contributed by atoms with E-state index in [-0.39, 0.29) is 28.6 Å². The number of fused-ring (bicyclic) bond motifs is 1. The molecule has 1 aliphatic heterocycles. The third-order valence-electron chi connectivity index (χ3n) is 6.94. The van der Waals surface area contributed by atoms with E-state index in [1.54, 1.807) is 46.8 Å². The highest BCUT2D eigenvalue weighted by molar-refractivity contribution is 7.98. The monoisotopic (exact) mass is 614 g/mol. The van der Waals surface area contributed by atoms with Gasteiger partial charge in [-0.2, -0.15) is 13.2 Å². The van der Waals surface area contributed by atoms with Gasteiger partial charge in [-0.25, -0.2) is 15.0 Å². The fourth-order valence-corrected chi connectivity index (χ4v) is 5.06. The SMILES string of the molecule is CSCOC1C[C@H](n2cc(C#CNC(=O)C(F)(F)F)c3c(/N=C/N(C)C)ncnc32)O[C@@H]1CO[Si](C)(C)C(C)(C)C. The third-order valence-corrected chi connectivity index (χ3v) is 11.8. The molecule has 3 atom stereocenters. The Hall–Kier alpha value is -2.64. The van der Waals surface area contributed by atoms with Crippen LogP contribution >= 0.6 is 11.8 Å². The van der Waals surface area contributed by atoms with Crippen molar-refractivity contribution in [2.45, 2.75) is 69.9 Å². The fourth-order valence-electron chi connectivity index (χ4n) is 3.74. The maximum absolute atomic E-state index is 12.7. The molecule has 0 aliphatic carbocycles. The van der Waals surface area contributed by atoms with Crippen LogP contribution in [0.3, 0.4) is 0 Å². The molecule has 1 N–H and O–H groups in total. The van der Waals surface area contributed by atoms with Gasteiger partial charge < -0.3 is 23.4 Å². The lowest BCUT2D eigenvalue weighted by molar-refractivity contribution is -0.172. The second kappa shape index (κ2) is 13.1. The summed E-state index contributed by atoms with van der Waals surface area (Å²) in [5.74, 6) is 1.18. The number of hydrogen-bond acceptors (Lipinski definition) is 8. The normalized spacial score (nSPS) is 19.9. The maximum Gasteiger partial charge on any atom is 0.472 e. The zero-order chi connectivity index (χ0) is 30.6. The Morgan fingerprint density at radius 1 is 1.34 bits per heavy atom. The summed E-state index contributed by atoms with van der Waals surface area (Å²) in [7, 11) is 1.51. The average Bonchev–Trinajstić information content (AvgIpc) is 3.45. The molecule has 2 aromatic heterocycles. The molecular weight excluding hydrogens is 577 g/mol. The molecule has 2 aromatic rings. The number of nitrogens with one attached hydrogen (secondary N) is 1. The lowest BCUT2D eigenvalue weighted by atomic mass is 10.2. The minimum Gasteiger partial charge on any atom is -0.414 e. The number of nitrogens with zero attached hydrogens (tertiary/aromatic N) is 5. The average molecular weight is 615 g/mol. The van der Waals surface area contributed by atoms with Crippen molar-refractivity contribution in [3.8, 4) is 12.0 Å². The summed E-state index contributed by atoms with van der Waals surface area (Å²) in [6.07, 6.45) is 0.726. The largest absolute Gasteiger partial charge is 0.472 e. The summed E-state index contributed by atoms with van der Waals surface area (Å²) < 4.78 is 58.8. The Morgan fingerprint density at radius 2 is 2.05 bits per heavy atom. The first kappa shape index (κ1) is 32.9. The summed E-state index contributed by atoms with van der Waals surface area (Å²) in [6.45, 7) is 11.2. The van der Waals surface area contributed by atoms with E-state index >= 15 is 0 Å². The lowest BCUT2D eigenvalue weighted by Crippen LogP contribution is -2.44. The van der Waals surface area contributed by atoms with Gasteiger partial charge in [0.05, 0.1) is 35.9 Å². The Balaban J connectivity index is 2.00. The number of alkyl halides is 3. The first-order valence-electron chi connectivity index (χ1n) is 12.9. The number of ether oxygens (including phenoxy) is 2. The summed E-state index contributed by atoms with van der Waals surface area (Å²) in [5.41, 5.74) is 0.706. The van der Waals surface area contributed by atoms with Gasteiger partial charge in [0.2, 0.25) is 0 Å². The van der Waals surface area contributed by atoms with Crippen molar-refractivity contribution in [3.05, 3.63) is 18.1 Å². The van der Waals surface area contributed by atoms with Crippen molar-refractivity contribution in [1.82, 2.24) is 24.8 Å². The molecule has 1 unspecified atom stereocenters. The van der Waals surface area contributed by atoms with Crippen LogP contribution in [0.1, 0.15) is 39.0 Å². The second-order valence-corrected chi connectivity index (χ2v) is 16.9. The van der Waals surface area contributed by atoms with Gasteiger partial charge >= 0.3 is 12.1 Å². The zero-order valence-electron chi connectivity index (χ0n) is 24.5. The van der Waals surface area contributed by atoms with Gasteiger partial charge in [0.25, 0.3) is 0 Å². The molecule has 0 saturated carbocycles. The standard InChI is InChI=1S/C26H37F3N6O4SSi/c1-25(2,3)41(7,8)38-13-19-18(37-16-40-6)11-20(39-19)35-12-17(9-10-30-24(36)26(27,28)29)21-22(33-15-34(4)5)31-14-32-23(21)35/h12,14-15,18-20H,11,13,16H2,1-8H3,(H,30,36)/b33-15+/t18?,19-,20-/m1/s1. The lowest BCUT2D eigenvalue weighted by Gasteiger charge is -2.37. The van der Waals surface area contributed by atoms with Gasteiger partial charge in [-0.3, -0.25) is 10.1 Å². The molecule has 0 radical (unpaired) electrons. The topological polar surface area (TPSA) is 103 Å². The van der Waals surface area contributed by atoms with Gasteiger partial charge in [-0.15, -0.1) is 11.8 Å². The predicted octanol–water partition coefficient (Wildman–Crippen LogP) is 4.66. The number of rotatable bonds is 9. The summed E-state index contributed by atoms with van der Waals surface area (Å²) >= 11 is 1.55. The van der Waals surface area contributed by atoms with E-state index in [4.69, 9.17) is 13.9 Å². The van der Waals surface area contributed by atoms with Gasteiger partial charge in [0, 0.05) is 32.8 Å². The number of aliphatic imine (C=N–C) groups is 1. The molecule has 1 aliphatic rings. The summed E-state index contributed by atoms with van der Waals surface area (Å²) in [4.78, 5) is 26.1. The van der Waals surface area contributed by atoms with Gasteiger partial charge in [-0.05, 0) is 30.3 Å². The Bertz CT molecular complexity index is 1320. The molecule has 0 aromatic carbocycles. The van der Waals surface area contributed by atoms with Crippen LogP contribution in [-0.4, -0.2) is 91.3 Å². The maximum atomic E-state index is 12.7. The smallest absolute Gasteiger partial charge is 0.414 e. The van der Waals surface area contributed by atoms with E-state index in [0.717, 1.165) is 0 Å². The fraction of sp³-hybridized carbons (Fsp3) is 0.615. The Labute approximate surface area is 243 Å². The third kappa shape index (κ3) is 8.22. The molecule has 1 saturated heterocycles. The van der Waals surface area contributed by atoms with E-state index in [0.29, 0.717) is 30.0 Å². The van der Waals surface area contributed by atoms with Crippen molar-refractivity contribution in [2.24, 2.45) is 4.99 Å². The molecule has 0 spiro atoms. The first-order valence-corrected chi connectivity index (χ1v) is 17.2. The Morgan fingerprint density at radius 3 is 2.66 bits per heavy atom. The van der Waals surface area contributed by atoms with Crippen molar-refractivity contribution < 1.29 is 31.9 Å². The van der Waals surface area contributed by atoms with E-state index in [1.807, 2.05) is 6.26 Å². The molecule has 1 fully saturated rings. The molecule has 226 valence electrons. The number of thioether (sulfide) groups is 1. The van der Waals surface area contributed by atoms with Crippen molar-refractivity contribution in [3.63, 3.8) is 0 Å². The van der Waals surface area contributed by atoms with Crippen LogP contribution in [0.5, 0.6) is 0 Å². The van der Waals surface area contributed by atoms with Crippen LogP contribution in [0.25, 0.3) is 11.0 Å². The molecular formula is C26H37F3N6O4SSi. The quantitative estimate of drug-likeness (QED) is 0.109. The van der Waals surface area contributed by atoms with E-state index in [2.05, 4.69) is 60.8 Å². The molecule has 1 amide bonds. The number of carbonyl (C=O) groups is 1. The molecule has 41 heavy (non-hydrogen) atoms. The van der Waals surface area contributed by atoms with E-state index < -0.39 is 26.6 Å². The van der Waals surface area contributed by atoms with Crippen LogP contribution in [0.15, 0.2) is 17.5 Å². The van der Waals surface area contributed by atoms with Crippen LogP contribution < -0.4 is 5.32 Å². The van der Waals surface area contributed by atoms with Crippen LogP contribution in [0.4, 0.5) is 19.0 Å². The van der Waals surface area contributed by atoms with Crippen LogP contribution in [-0.2, 0) is 18.7 Å². The number of hydrogen-bond donors (Lipinski definition) is 1. The van der Waals surface area contributed by atoms with Gasteiger partial charge in [-0.1, -0.05) is 20.8 Å². The van der Waals surface area contributed by atoms with Gasteiger partial charge in [0.1, 0.15) is 24.3 Å². The highest BCUT2D eigenvalue weighted by Gasteiger charge is 2.42. The zero-order valence-corrected chi connectivity index (χ0v) is 26.3. The van der Waals surface area contributed by atoms with Crippen molar-refractivity contribution >= 4 is 49.2 Å².